The lowest BCUT2D eigenvalue weighted by Gasteiger charge is -2.10. The van der Waals surface area contributed by atoms with Crippen molar-refractivity contribution in [3.8, 4) is 16.9 Å². The molecule has 0 aromatic heterocycles. The van der Waals surface area contributed by atoms with Gasteiger partial charge in [-0.25, -0.2) is 4.79 Å². The van der Waals surface area contributed by atoms with Crippen LogP contribution in [0.2, 0.25) is 5.02 Å². The van der Waals surface area contributed by atoms with Crippen LogP contribution >= 0.6 is 11.6 Å². The number of benzene rings is 2. The van der Waals surface area contributed by atoms with E-state index in [1.807, 2.05) is 0 Å². The smallest absolute Gasteiger partial charge is 0.478 e. The maximum atomic E-state index is 12.0. The molecule has 0 unspecified atom stereocenters. The van der Waals surface area contributed by atoms with Gasteiger partial charge < -0.3 is 9.84 Å². The van der Waals surface area contributed by atoms with Crippen molar-refractivity contribution < 1.29 is 27.8 Å². The van der Waals surface area contributed by atoms with Crippen molar-refractivity contribution >= 4 is 17.6 Å². The minimum atomic E-state index is -4.75. The molecular weight excluding hydrogens is 309 g/mol. The van der Waals surface area contributed by atoms with Crippen molar-refractivity contribution in [3.63, 3.8) is 0 Å². The largest absolute Gasteiger partial charge is 0.573 e. The van der Waals surface area contributed by atoms with Crippen molar-refractivity contribution in [2.45, 2.75) is 6.36 Å². The molecule has 0 aliphatic carbocycles. The van der Waals surface area contributed by atoms with Crippen molar-refractivity contribution in [1.82, 2.24) is 0 Å². The molecule has 0 atom stereocenters. The average molecular weight is 317 g/mol. The molecule has 0 fully saturated rings. The lowest BCUT2D eigenvalue weighted by molar-refractivity contribution is -0.274. The average Bonchev–Trinajstić information content (AvgIpc) is 2.38. The SMILES string of the molecule is O=C(O)c1cc(-c2ccc(OC(F)(F)F)cc2)ccc1Cl. The molecule has 0 spiro atoms. The molecule has 0 aliphatic heterocycles. The first-order valence-electron chi connectivity index (χ1n) is 5.65. The summed E-state index contributed by atoms with van der Waals surface area (Å²) in [5.74, 6) is -1.53. The number of ether oxygens (including phenoxy) is 1. The number of hydrogen-bond acceptors (Lipinski definition) is 2. The van der Waals surface area contributed by atoms with Gasteiger partial charge in [0.2, 0.25) is 0 Å². The Labute approximate surface area is 122 Å². The quantitative estimate of drug-likeness (QED) is 0.900. The van der Waals surface area contributed by atoms with Crippen LogP contribution in [0, 0.1) is 0 Å². The van der Waals surface area contributed by atoms with Crippen LogP contribution in [0.5, 0.6) is 5.75 Å². The van der Waals surface area contributed by atoms with Gasteiger partial charge in [0.05, 0.1) is 10.6 Å². The Morgan fingerprint density at radius 1 is 1.05 bits per heavy atom. The number of rotatable bonds is 3. The summed E-state index contributed by atoms with van der Waals surface area (Å²) in [5, 5.41) is 9.07. The van der Waals surface area contributed by atoms with Crippen LogP contribution in [0.4, 0.5) is 13.2 Å². The monoisotopic (exact) mass is 316 g/mol. The molecule has 2 aromatic rings. The maximum absolute atomic E-state index is 12.0. The van der Waals surface area contributed by atoms with Crippen LogP contribution in [-0.2, 0) is 0 Å². The lowest BCUT2D eigenvalue weighted by Crippen LogP contribution is -2.16. The van der Waals surface area contributed by atoms with E-state index in [1.165, 1.54) is 24.3 Å². The zero-order valence-corrected chi connectivity index (χ0v) is 11.1. The first-order valence-corrected chi connectivity index (χ1v) is 6.03. The summed E-state index contributed by atoms with van der Waals surface area (Å²) in [6.45, 7) is 0. The van der Waals surface area contributed by atoms with Crippen LogP contribution in [0.3, 0.4) is 0 Å². The van der Waals surface area contributed by atoms with Gasteiger partial charge >= 0.3 is 12.3 Å². The van der Waals surface area contributed by atoms with E-state index in [-0.39, 0.29) is 16.3 Å². The first-order chi connectivity index (χ1) is 9.76. The fourth-order valence-corrected chi connectivity index (χ4v) is 1.92. The topological polar surface area (TPSA) is 46.5 Å². The van der Waals surface area contributed by atoms with Crippen LogP contribution in [0.25, 0.3) is 11.1 Å². The highest BCUT2D eigenvalue weighted by molar-refractivity contribution is 6.33. The number of alkyl halides is 3. The zero-order chi connectivity index (χ0) is 15.6. The van der Waals surface area contributed by atoms with Crippen LogP contribution in [0.15, 0.2) is 42.5 Å². The molecule has 0 amide bonds. The third-order valence-corrected chi connectivity index (χ3v) is 2.95. The second-order valence-corrected chi connectivity index (χ2v) is 4.48. The van der Waals surface area contributed by atoms with Gasteiger partial charge in [0.1, 0.15) is 5.75 Å². The van der Waals surface area contributed by atoms with E-state index in [1.54, 1.807) is 6.07 Å². The van der Waals surface area contributed by atoms with Gasteiger partial charge in [-0.15, -0.1) is 13.2 Å². The van der Waals surface area contributed by atoms with Gasteiger partial charge in [-0.1, -0.05) is 29.8 Å². The van der Waals surface area contributed by atoms with Gasteiger partial charge in [0.25, 0.3) is 0 Å². The molecule has 0 bridgehead atoms. The number of halogens is 4. The summed E-state index contributed by atoms with van der Waals surface area (Å²) in [6, 6.07) is 9.45. The van der Waals surface area contributed by atoms with Crippen molar-refractivity contribution in [3.05, 3.63) is 53.1 Å². The molecule has 0 aliphatic rings. The summed E-state index contributed by atoms with van der Waals surface area (Å²) < 4.78 is 39.9. The third kappa shape index (κ3) is 3.88. The number of aromatic carboxylic acids is 1. The maximum Gasteiger partial charge on any atom is 0.573 e. The summed E-state index contributed by atoms with van der Waals surface area (Å²) in [5.41, 5.74) is 0.990. The molecule has 21 heavy (non-hydrogen) atoms. The second kappa shape index (κ2) is 5.65. The van der Waals surface area contributed by atoms with Crippen LogP contribution in [0.1, 0.15) is 10.4 Å². The molecule has 0 saturated carbocycles. The summed E-state index contributed by atoms with van der Waals surface area (Å²) in [6.07, 6.45) is -4.75. The molecule has 1 N–H and O–H groups in total. The fraction of sp³-hybridized carbons (Fsp3) is 0.0714. The van der Waals surface area contributed by atoms with E-state index >= 15 is 0 Å². The minimum Gasteiger partial charge on any atom is -0.478 e. The highest BCUT2D eigenvalue weighted by Gasteiger charge is 2.30. The van der Waals surface area contributed by atoms with Crippen LogP contribution in [-0.4, -0.2) is 17.4 Å². The highest BCUT2D eigenvalue weighted by Crippen LogP contribution is 2.28. The van der Waals surface area contributed by atoms with Crippen molar-refractivity contribution in [2.75, 3.05) is 0 Å². The molecule has 2 aromatic carbocycles. The van der Waals surface area contributed by atoms with Gasteiger partial charge in [0, 0.05) is 0 Å². The predicted octanol–water partition coefficient (Wildman–Crippen LogP) is 4.60. The number of carboxylic acids is 1. The number of carbonyl (C=O) groups is 1. The fourth-order valence-electron chi connectivity index (χ4n) is 1.72. The molecular formula is C14H8ClF3O3. The summed E-state index contributed by atoms with van der Waals surface area (Å²) >= 11 is 5.75. The van der Waals surface area contributed by atoms with E-state index in [2.05, 4.69) is 4.74 Å². The number of carboxylic acid groups (broad SMARTS) is 1. The highest BCUT2D eigenvalue weighted by atomic mass is 35.5. The first kappa shape index (κ1) is 15.2. The zero-order valence-electron chi connectivity index (χ0n) is 10.3. The van der Waals surface area contributed by atoms with Crippen molar-refractivity contribution in [1.29, 1.82) is 0 Å². The Kier molecular flexibility index (Phi) is 4.09. The molecule has 3 nitrogen and oxygen atoms in total. The third-order valence-electron chi connectivity index (χ3n) is 2.62. The Morgan fingerprint density at radius 2 is 1.62 bits per heavy atom. The van der Waals surface area contributed by atoms with Gasteiger partial charge in [-0.3, -0.25) is 0 Å². The van der Waals surface area contributed by atoms with Gasteiger partial charge in [-0.2, -0.15) is 0 Å². The van der Waals surface area contributed by atoms with Gasteiger partial charge in [0.15, 0.2) is 0 Å². The Morgan fingerprint density at radius 3 is 2.14 bits per heavy atom. The van der Waals surface area contributed by atoms with E-state index in [0.29, 0.717) is 11.1 Å². The Balaban J connectivity index is 2.31. The molecule has 110 valence electrons. The van der Waals surface area contributed by atoms with Crippen molar-refractivity contribution in [2.24, 2.45) is 0 Å². The molecule has 0 radical (unpaired) electrons. The second-order valence-electron chi connectivity index (χ2n) is 4.07. The van der Waals surface area contributed by atoms with E-state index in [4.69, 9.17) is 16.7 Å². The molecule has 7 heteroatoms. The summed E-state index contributed by atoms with van der Waals surface area (Å²) in [4.78, 5) is 11.0. The molecule has 0 heterocycles. The van der Waals surface area contributed by atoms with E-state index in [0.717, 1.165) is 12.1 Å². The van der Waals surface area contributed by atoms with E-state index in [9.17, 15) is 18.0 Å². The standard InChI is InChI=1S/C14H8ClF3O3/c15-12-6-3-9(7-11(12)13(19)20)8-1-4-10(5-2-8)21-14(16,17)18/h1-7H,(H,19,20). The number of hydrogen-bond donors (Lipinski definition) is 1. The van der Waals surface area contributed by atoms with Gasteiger partial charge in [-0.05, 0) is 35.4 Å². The van der Waals surface area contributed by atoms with Crippen LogP contribution < -0.4 is 4.74 Å². The summed E-state index contributed by atoms with van der Waals surface area (Å²) in [7, 11) is 0. The Bertz CT molecular complexity index is 666. The molecule has 0 saturated heterocycles. The predicted molar refractivity (Wildman–Crippen MR) is 70.5 cm³/mol. The minimum absolute atomic E-state index is 0.0789. The normalized spacial score (nSPS) is 11.2. The Hall–Kier alpha value is -2.21. The van der Waals surface area contributed by atoms with E-state index < -0.39 is 12.3 Å². The lowest BCUT2D eigenvalue weighted by atomic mass is 10.0. The molecule has 2 rings (SSSR count).